The van der Waals surface area contributed by atoms with Crippen molar-refractivity contribution in [2.45, 2.75) is 26.4 Å². The maximum atomic E-state index is 12.0. The minimum Gasteiger partial charge on any atom is -0.377 e. The Kier molecular flexibility index (Phi) is 6.08. The number of carbonyl (C=O) groups excluding carboxylic acids is 2. The lowest BCUT2D eigenvalue weighted by molar-refractivity contribution is -0.127. The second kappa shape index (κ2) is 7.33. The molecule has 0 aliphatic carbocycles. The summed E-state index contributed by atoms with van der Waals surface area (Å²) in [6.07, 6.45) is 0.787. The van der Waals surface area contributed by atoms with Gasteiger partial charge in [0.25, 0.3) is 0 Å². The Morgan fingerprint density at radius 1 is 1.26 bits per heavy atom. The Balaban J connectivity index is 2.26. The molecule has 110 valence electrons. The highest BCUT2D eigenvalue weighted by Gasteiger charge is 2.35. The average molecular weight is 271 g/mol. The molecule has 6 heteroatoms. The molecule has 1 aliphatic rings. The second-order valence-corrected chi connectivity index (χ2v) is 5.39. The molecule has 1 aliphatic heterocycles. The summed E-state index contributed by atoms with van der Waals surface area (Å²) in [4.78, 5) is 24.8. The van der Waals surface area contributed by atoms with Gasteiger partial charge < -0.3 is 20.3 Å². The van der Waals surface area contributed by atoms with Crippen molar-refractivity contribution in [1.82, 2.24) is 15.5 Å². The summed E-state index contributed by atoms with van der Waals surface area (Å²) in [5, 5.41) is 5.55. The first-order chi connectivity index (χ1) is 8.93. The predicted molar refractivity (Wildman–Crippen MR) is 72.8 cm³/mol. The summed E-state index contributed by atoms with van der Waals surface area (Å²) in [6, 6.07) is -0.154. The number of carbonyl (C=O) groups is 2. The largest absolute Gasteiger partial charge is 0.377 e. The molecule has 2 atom stereocenters. The molecule has 0 aromatic rings. The summed E-state index contributed by atoms with van der Waals surface area (Å²) in [7, 11) is 3.36. The maximum absolute atomic E-state index is 12.0. The zero-order valence-corrected chi connectivity index (χ0v) is 12.2. The maximum Gasteiger partial charge on any atom is 0.316 e. The highest BCUT2D eigenvalue weighted by molar-refractivity contribution is 5.79. The number of ether oxygens (including phenoxy) is 1. The van der Waals surface area contributed by atoms with Crippen molar-refractivity contribution in [3.8, 4) is 0 Å². The summed E-state index contributed by atoms with van der Waals surface area (Å²) in [5.41, 5.74) is 0. The van der Waals surface area contributed by atoms with Crippen molar-refractivity contribution in [3.63, 3.8) is 0 Å². The van der Waals surface area contributed by atoms with E-state index in [1.807, 2.05) is 0 Å². The third-order valence-electron chi connectivity index (χ3n) is 3.24. The van der Waals surface area contributed by atoms with E-state index in [1.54, 1.807) is 14.1 Å². The lowest BCUT2D eigenvalue weighted by Crippen LogP contribution is -2.42. The molecule has 1 saturated heterocycles. The number of rotatable bonds is 5. The molecule has 0 unspecified atom stereocenters. The number of hydrogen-bond acceptors (Lipinski definition) is 3. The predicted octanol–water partition coefficient (Wildman–Crippen LogP) is 0.435. The Hall–Kier alpha value is -1.30. The first-order valence-electron chi connectivity index (χ1n) is 6.78. The smallest absolute Gasteiger partial charge is 0.316 e. The van der Waals surface area contributed by atoms with E-state index in [-0.39, 0.29) is 24.0 Å². The van der Waals surface area contributed by atoms with E-state index in [0.29, 0.717) is 25.6 Å². The Morgan fingerprint density at radius 2 is 1.89 bits per heavy atom. The van der Waals surface area contributed by atoms with Crippen molar-refractivity contribution in [3.05, 3.63) is 0 Å². The fraction of sp³-hybridized carbons (Fsp3) is 0.846. The first kappa shape index (κ1) is 15.8. The van der Waals surface area contributed by atoms with Crippen LogP contribution in [0.4, 0.5) is 4.79 Å². The fourth-order valence-electron chi connectivity index (χ4n) is 2.19. The van der Waals surface area contributed by atoms with E-state index in [4.69, 9.17) is 4.74 Å². The van der Waals surface area contributed by atoms with Crippen LogP contribution in [-0.4, -0.2) is 56.7 Å². The second-order valence-electron chi connectivity index (χ2n) is 5.39. The Morgan fingerprint density at radius 3 is 2.47 bits per heavy atom. The van der Waals surface area contributed by atoms with Gasteiger partial charge in [0.1, 0.15) is 0 Å². The Bertz CT molecular complexity index is 318. The number of nitrogens with zero attached hydrogens (tertiary/aromatic N) is 1. The summed E-state index contributed by atoms with van der Waals surface area (Å²) in [6.45, 7) is 5.65. The molecule has 0 bridgehead atoms. The lowest BCUT2D eigenvalue weighted by Gasteiger charge is -2.21. The minimum absolute atomic E-state index is 0.0105. The van der Waals surface area contributed by atoms with Crippen LogP contribution in [-0.2, 0) is 9.53 Å². The molecule has 19 heavy (non-hydrogen) atoms. The van der Waals surface area contributed by atoms with Gasteiger partial charge in [-0.05, 0) is 12.3 Å². The van der Waals surface area contributed by atoms with Crippen LogP contribution >= 0.6 is 0 Å². The summed E-state index contributed by atoms with van der Waals surface area (Å²) in [5.74, 6) is 0.298. The molecule has 0 spiro atoms. The van der Waals surface area contributed by atoms with Gasteiger partial charge in [-0.3, -0.25) is 4.79 Å². The highest BCUT2D eigenvalue weighted by Crippen LogP contribution is 2.26. The average Bonchev–Trinajstić information content (AvgIpc) is 2.83. The van der Waals surface area contributed by atoms with Crippen LogP contribution in [0.25, 0.3) is 0 Å². The third-order valence-corrected chi connectivity index (χ3v) is 3.24. The quantitative estimate of drug-likeness (QED) is 0.713. The van der Waals surface area contributed by atoms with Gasteiger partial charge in [0.2, 0.25) is 5.91 Å². The van der Waals surface area contributed by atoms with Gasteiger partial charge in [-0.15, -0.1) is 0 Å². The van der Waals surface area contributed by atoms with Crippen LogP contribution in [0.1, 0.15) is 20.3 Å². The molecule has 6 nitrogen and oxygen atoms in total. The van der Waals surface area contributed by atoms with Gasteiger partial charge in [0, 0.05) is 33.8 Å². The van der Waals surface area contributed by atoms with Crippen molar-refractivity contribution in [1.29, 1.82) is 0 Å². The van der Waals surface area contributed by atoms with Crippen LogP contribution in [0.3, 0.4) is 0 Å². The molecule has 0 aromatic heterocycles. The molecule has 0 saturated carbocycles. The van der Waals surface area contributed by atoms with E-state index >= 15 is 0 Å². The van der Waals surface area contributed by atoms with Crippen molar-refractivity contribution in [2.24, 2.45) is 11.8 Å². The lowest BCUT2D eigenvalue weighted by atomic mass is 9.92. The van der Waals surface area contributed by atoms with Crippen LogP contribution < -0.4 is 10.6 Å². The van der Waals surface area contributed by atoms with E-state index in [1.165, 1.54) is 4.90 Å². The van der Waals surface area contributed by atoms with E-state index in [0.717, 1.165) is 6.42 Å². The van der Waals surface area contributed by atoms with Gasteiger partial charge in [0.15, 0.2) is 0 Å². The molecule has 1 rings (SSSR count). The molecular formula is C13H25N3O3. The SMILES string of the molecule is CC(C)[C@@H]1OCC[C@@H]1C(=O)NCCNC(=O)N(C)C. The van der Waals surface area contributed by atoms with Gasteiger partial charge >= 0.3 is 6.03 Å². The van der Waals surface area contributed by atoms with Crippen LogP contribution in [0, 0.1) is 11.8 Å². The van der Waals surface area contributed by atoms with Gasteiger partial charge in [-0.25, -0.2) is 4.79 Å². The number of nitrogens with one attached hydrogen (secondary N) is 2. The molecule has 1 heterocycles. The standard InChI is InChI=1S/C13H25N3O3/c1-9(2)11-10(5-8-19-11)12(17)14-6-7-15-13(18)16(3)4/h9-11H,5-8H2,1-4H3,(H,14,17)(H,15,18)/t10-,11-/m0/s1. The molecular weight excluding hydrogens is 246 g/mol. The number of amides is 3. The van der Waals surface area contributed by atoms with E-state index in [2.05, 4.69) is 24.5 Å². The topological polar surface area (TPSA) is 70.7 Å². The molecule has 0 aromatic carbocycles. The first-order valence-corrected chi connectivity index (χ1v) is 6.78. The molecule has 3 amide bonds. The van der Waals surface area contributed by atoms with Crippen molar-refractivity contribution in [2.75, 3.05) is 33.8 Å². The van der Waals surface area contributed by atoms with Gasteiger partial charge in [0.05, 0.1) is 12.0 Å². The van der Waals surface area contributed by atoms with E-state index < -0.39 is 0 Å². The number of urea groups is 1. The normalized spacial score (nSPS) is 22.4. The monoisotopic (exact) mass is 271 g/mol. The molecule has 1 fully saturated rings. The van der Waals surface area contributed by atoms with Crippen LogP contribution in [0.15, 0.2) is 0 Å². The van der Waals surface area contributed by atoms with Crippen molar-refractivity contribution >= 4 is 11.9 Å². The molecule has 2 N–H and O–H groups in total. The summed E-state index contributed by atoms with van der Waals surface area (Å²) < 4.78 is 5.59. The minimum atomic E-state index is -0.154. The Labute approximate surface area is 114 Å². The van der Waals surface area contributed by atoms with Gasteiger partial charge in [-0.2, -0.15) is 0 Å². The van der Waals surface area contributed by atoms with Crippen LogP contribution in [0.5, 0.6) is 0 Å². The number of hydrogen-bond donors (Lipinski definition) is 2. The summed E-state index contributed by atoms with van der Waals surface area (Å²) >= 11 is 0. The van der Waals surface area contributed by atoms with Crippen molar-refractivity contribution < 1.29 is 14.3 Å². The fourth-order valence-corrected chi connectivity index (χ4v) is 2.19. The highest BCUT2D eigenvalue weighted by atomic mass is 16.5. The third kappa shape index (κ3) is 4.70. The van der Waals surface area contributed by atoms with Gasteiger partial charge in [-0.1, -0.05) is 13.8 Å². The van der Waals surface area contributed by atoms with Crippen LogP contribution in [0.2, 0.25) is 0 Å². The molecule has 0 radical (unpaired) electrons. The zero-order chi connectivity index (χ0) is 14.4. The zero-order valence-electron chi connectivity index (χ0n) is 12.2. The van der Waals surface area contributed by atoms with E-state index in [9.17, 15) is 9.59 Å².